The maximum Gasteiger partial charge on any atom is 0.0726 e. The number of anilines is 1. The average Bonchev–Trinajstić information content (AvgIpc) is 3.21. The molecule has 1 aromatic carbocycles. The van der Waals surface area contributed by atoms with Crippen LogP contribution < -0.4 is 5.73 Å². The molecule has 1 saturated carbocycles. The molecule has 2 nitrogen and oxygen atoms in total. The van der Waals surface area contributed by atoms with Crippen LogP contribution in [0.3, 0.4) is 0 Å². The van der Waals surface area contributed by atoms with Crippen LogP contribution in [0.4, 0.5) is 5.69 Å². The number of nitrogens with zero attached hydrogens (tertiary/aromatic N) is 1. The molecule has 0 bridgehead atoms. The second-order valence-corrected chi connectivity index (χ2v) is 5.50. The van der Waals surface area contributed by atoms with E-state index in [-0.39, 0.29) is 0 Å². The van der Waals surface area contributed by atoms with E-state index in [4.69, 9.17) is 10.7 Å². The first-order chi connectivity index (χ1) is 8.69. The van der Waals surface area contributed by atoms with Crippen LogP contribution in [0.1, 0.15) is 56.2 Å². The van der Waals surface area contributed by atoms with Crippen molar-refractivity contribution < 1.29 is 0 Å². The normalized spacial score (nSPS) is 17.0. The molecule has 0 aliphatic heterocycles. The van der Waals surface area contributed by atoms with Gasteiger partial charge in [0, 0.05) is 22.7 Å². The molecular weight excluding hydrogens is 220 g/mol. The SMILES string of the molecule is CCC(C)c1ccc2nc(C3CC3)cc(N)c2c1. The Labute approximate surface area is 108 Å². The molecule has 1 atom stereocenters. The Morgan fingerprint density at radius 3 is 2.78 bits per heavy atom. The molecule has 0 saturated heterocycles. The van der Waals surface area contributed by atoms with E-state index in [0.29, 0.717) is 11.8 Å². The Morgan fingerprint density at radius 2 is 2.11 bits per heavy atom. The number of hydrogen-bond donors (Lipinski definition) is 1. The number of aromatic nitrogens is 1. The lowest BCUT2D eigenvalue weighted by atomic mass is 9.96. The zero-order chi connectivity index (χ0) is 12.7. The van der Waals surface area contributed by atoms with Crippen molar-refractivity contribution in [3.05, 3.63) is 35.5 Å². The molecule has 1 fully saturated rings. The number of nitrogens with two attached hydrogens (primary N) is 1. The maximum absolute atomic E-state index is 6.19. The smallest absolute Gasteiger partial charge is 0.0726 e. The highest BCUT2D eigenvalue weighted by atomic mass is 14.7. The van der Waals surface area contributed by atoms with Crippen molar-refractivity contribution in [2.45, 2.75) is 44.9 Å². The van der Waals surface area contributed by atoms with Gasteiger partial charge in [-0.05, 0) is 48.9 Å². The Balaban J connectivity index is 2.11. The van der Waals surface area contributed by atoms with E-state index in [1.165, 1.54) is 24.1 Å². The van der Waals surface area contributed by atoms with Crippen LogP contribution in [0.25, 0.3) is 10.9 Å². The zero-order valence-electron chi connectivity index (χ0n) is 11.1. The van der Waals surface area contributed by atoms with Gasteiger partial charge >= 0.3 is 0 Å². The van der Waals surface area contributed by atoms with Gasteiger partial charge in [-0.15, -0.1) is 0 Å². The van der Waals surface area contributed by atoms with Crippen LogP contribution in [0.2, 0.25) is 0 Å². The fourth-order valence-electron chi connectivity index (χ4n) is 2.42. The molecule has 94 valence electrons. The van der Waals surface area contributed by atoms with E-state index in [1.54, 1.807) is 0 Å². The third kappa shape index (κ3) is 1.96. The van der Waals surface area contributed by atoms with Crippen LogP contribution in [0, 0.1) is 0 Å². The highest BCUT2D eigenvalue weighted by Crippen LogP contribution is 2.40. The Hall–Kier alpha value is -1.57. The Kier molecular flexibility index (Phi) is 2.73. The predicted molar refractivity (Wildman–Crippen MR) is 76.8 cm³/mol. The summed E-state index contributed by atoms with van der Waals surface area (Å²) >= 11 is 0. The highest BCUT2D eigenvalue weighted by Gasteiger charge is 2.25. The van der Waals surface area contributed by atoms with Gasteiger partial charge in [0.15, 0.2) is 0 Å². The average molecular weight is 240 g/mol. The minimum Gasteiger partial charge on any atom is -0.398 e. The van der Waals surface area contributed by atoms with Gasteiger partial charge in [0.25, 0.3) is 0 Å². The van der Waals surface area contributed by atoms with E-state index in [0.717, 1.165) is 23.0 Å². The molecule has 3 rings (SSSR count). The van der Waals surface area contributed by atoms with Crippen molar-refractivity contribution in [2.75, 3.05) is 5.73 Å². The van der Waals surface area contributed by atoms with E-state index >= 15 is 0 Å². The fourth-order valence-corrected chi connectivity index (χ4v) is 2.42. The highest BCUT2D eigenvalue weighted by molar-refractivity contribution is 5.91. The van der Waals surface area contributed by atoms with Crippen LogP contribution in [-0.4, -0.2) is 4.98 Å². The number of rotatable bonds is 3. The number of fused-ring (bicyclic) bond motifs is 1. The van der Waals surface area contributed by atoms with Crippen molar-refractivity contribution in [1.29, 1.82) is 0 Å². The van der Waals surface area contributed by atoms with Gasteiger partial charge in [-0.25, -0.2) is 0 Å². The summed E-state index contributed by atoms with van der Waals surface area (Å²) in [7, 11) is 0. The van der Waals surface area contributed by atoms with E-state index < -0.39 is 0 Å². The second-order valence-electron chi connectivity index (χ2n) is 5.50. The molecule has 1 unspecified atom stereocenters. The summed E-state index contributed by atoms with van der Waals surface area (Å²) in [4.78, 5) is 4.74. The molecular formula is C16H20N2. The molecule has 0 amide bonds. The van der Waals surface area contributed by atoms with E-state index in [9.17, 15) is 0 Å². The standard InChI is InChI=1S/C16H20N2/c1-3-10(2)12-6-7-15-13(8-12)14(17)9-16(18-15)11-4-5-11/h6-11H,3-5H2,1-2H3,(H2,17,18). The Bertz CT molecular complexity index is 585. The molecule has 0 radical (unpaired) electrons. The van der Waals surface area contributed by atoms with Crippen molar-refractivity contribution >= 4 is 16.6 Å². The van der Waals surface area contributed by atoms with Crippen molar-refractivity contribution in [3.8, 4) is 0 Å². The van der Waals surface area contributed by atoms with Crippen LogP contribution in [0.5, 0.6) is 0 Å². The lowest BCUT2D eigenvalue weighted by molar-refractivity contribution is 0.734. The first-order valence-electron chi connectivity index (χ1n) is 6.89. The van der Waals surface area contributed by atoms with Crippen molar-refractivity contribution in [3.63, 3.8) is 0 Å². The van der Waals surface area contributed by atoms with Gasteiger partial charge < -0.3 is 5.73 Å². The van der Waals surface area contributed by atoms with Crippen LogP contribution in [-0.2, 0) is 0 Å². The lowest BCUT2D eigenvalue weighted by Gasteiger charge is -2.11. The number of benzene rings is 1. The van der Waals surface area contributed by atoms with Gasteiger partial charge in [0.05, 0.1) is 5.52 Å². The molecule has 2 aromatic rings. The van der Waals surface area contributed by atoms with Gasteiger partial charge in [-0.2, -0.15) is 0 Å². The Morgan fingerprint density at radius 1 is 1.33 bits per heavy atom. The molecule has 1 heterocycles. The minimum atomic E-state index is 0.580. The number of hydrogen-bond acceptors (Lipinski definition) is 2. The first kappa shape index (κ1) is 11.5. The monoisotopic (exact) mass is 240 g/mol. The predicted octanol–water partition coefficient (Wildman–Crippen LogP) is 4.21. The quantitative estimate of drug-likeness (QED) is 0.873. The van der Waals surface area contributed by atoms with Crippen molar-refractivity contribution in [1.82, 2.24) is 4.98 Å². The molecule has 2 heteroatoms. The topological polar surface area (TPSA) is 38.9 Å². The fraction of sp³-hybridized carbons (Fsp3) is 0.438. The minimum absolute atomic E-state index is 0.580. The summed E-state index contributed by atoms with van der Waals surface area (Å²) in [6, 6.07) is 8.60. The summed E-state index contributed by atoms with van der Waals surface area (Å²) in [6.07, 6.45) is 3.69. The van der Waals surface area contributed by atoms with Crippen LogP contribution >= 0.6 is 0 Å². The van der Waals surface area contributed by atoms with Crippen LogP contribution in [0.15, 0.2) is 24.3 Å². The van der Waals surface area contributed by atoms with Gasteiger partial charge in [-0.3, -0.25) is 4.98 Å². The summed E-state index contributed by atoms with van der Waals surface area (Å²) in [5.74, 6) is 1.24. The van der Waals surface area contributed by atoms with E-state index in [1.807, 2.05) is 0 Å². The lowest BCUT2D eigenvalue weighted by Crippen LogP contribution is -1.97. The largest absolute Gasteiger partial charge is 0.398 e. The summed E-state index contributed by atoms with van der Waals surface area (Å²) in [6.45, 7) is 4.47. The van der Waals surface area contributed by atoms with Crippen molar-refractivity contribution in [2.24, 2.45) is 0 Å². The molecule has 2 N–H and O–H groups in total. The van der Waals surface area contributed by atoms with Gasteiger partial charge in [0.2, 0.25) is 0 Å². The molecule has 1 aliphatic rings. The third-order valence-electron chi connectivity index (χ3n) is 4.06. The van der Waals surface area contributed by atoms with Gasteiger partial charge in [-0.1, -0.05) is 19.9 Å². The summed E-state index contributed by atoms with van der Waals surface area (Å²) in [5.41, 5.74) is 10.7. The van der Waals surface area contributed by atoms with E-state index in [2.05, 4.69) is 38.1 Å². The number of nitrogen functional groups attached to an aromatic ring is 1. The second kappa shape index (κ2) is 4.27. The molecule has 0 spiro atoms. The molecule has 1 aromatic heterocycles. The molecule has 18 heavy (non-hydrogen) atoms. The zero-order valence-corrected chi connectivity index (χ0v) is 11.1. The third-order valence-corrected chi connectivity index (χ3v) is 4.06. The van der Waals surface area contributed by atoms with Gasteiger partial charge in [0.1, 0.15) is 0 Å². The maximum atomic E-state index is 6.19. The summed E-state index contributed by atoms with van der Waals surface area (Å²) in [5, 5.41) is 1.11. The summed E-state index contributed by atoms with van der Waals surface area (Å²) < 4.78 is 0. The first-order valence-corrected chi connectivity index (χ1v) is 6.89. The number of pyridine rings is 1. The molecule has 1 aliphatic carbocycles.